The van der Waals surface area contributed by atoms with Crippen LogP contribution in [0, 0.1) is 5.92 Å². The molecule has 0 spiro atoms. The van der Waals surface area contributed by atoms with Gasteiger partial charge in [0.25, 0.3) is 10.0 Å². The van der Waals surface area contributed by atoms with Crippen LogP contribution in [-0.4, -0.2) is 28.3 Å². The zero-order valence-electron chi connectivity index (χ0n) is 13.6. The van der Waals surface area contributed by atoms with Crippen LogP contribution in [0.1, 0.15) is 43.6 Å². The summed E-state index contributed by atoms with van der Waals surface area (Å²) in [6.45, 7) is 2.41. The molecule has 4 rings (SSSR count). The van der Waals surface area contributed by atoms with Crippen LogP contribution >= 0.6 is 11.6 Å². The Labute approximate surface area is 146 Å². The number of hydrogen-bond donors (Lipinski definition) is 0. The Morgan fingerprint density at radius 3 is 2.67 bits per heavy atom. The molecule has 0 aromatic carbocycles. The van der Waals surface area contributed by atoms with E-state index in [0.717, 1.165) is 25.0 Å². The first kappa shape index (κ1) is 16.2. The molecule has 2 unspecified atom stereocenters. The van der Waals surface area contributed by atoms with Gasteiger partial charge in [-0.3, -0.25) is 0 Å². The first-order chi connectivity index (χ1) is 11.4. The van der Waals surface area contributed by atoms with Gasteiger partial charge in [0.05, 0.1) is 12.9 Å². The third-order valence-corrected chi connectivity index (χ3v) is 7.20. The lowest BCUT2D eigenvalue weighted by molar-refractivity contribution is 0.347. The standard InChI is InChI=1S/C16H20ClN3O3S/c1-10-7-13(10)14-6-5-12(23-14)8-20(11-3-4-11)24(21,22)16-15(17)19(2)9-18-16/h5-6,9-11,13H,3-4,7-8H2,1-2H3. The third-order valence-electron chi connectivity index (χ3n) is 4.81. The number of halogens is 1. The number of imidazole rings is 1. The lowest BCUT2D eigenvalue weighted by Gasteiger charge is -2.19. The molecular weight excluding hydrogens is 350 g/mol. The highest BCUT2D eigenvalue weighted by Crippen LogP contribution is 2.47. The maximum Gasteiger partial charge on any atom is 0.264 e. The van der Waals surface area contributed by atoms with Crippen LogP contribution in [0.15, 0.2) is 27.9 Å². The number of nitrogens with zero attached hydrogens (tertiary/aromatic N) is 3. The summed E-state index contributed by atoms with van der Waals surface area (Å²) < 4.78 is 34.8. The monoisotopic (exact) mass is 369 g/mol. The van der Waals surface area contributed by atoms with E-state index in [1.54, 1.807) is 7.05 Å². The van der Waals surface area contributed by atoms with Crippen LogP contribution in [0.25, 0.3) is 0 Å². The highest BCUT2D eigenvalue weighted by Gasteiger charge is 2.41. The molecule has 2 saturated carbocycles. The van der Waals surface area contributed by atoms with Crippen molar-refractivity contribution in [2.45, 2.75) is 49.7 Å². The number of hydrogen-bond acceptors (Lipinski definition) is 4. The topological polar surface area (TPSA) is 68.3 Å². The molecule has 2 atom stereocenters. The van der Waals surface area contributed by atoms with Crippen LogP contribution in [0.5, 0.6) is 0 Å². The minimum absolute atomic E-state index is 0.00136. The summed E-state index contributed by atoms with van der Waals surface area (Å²) in [5.41, 5.74) is 0. The highest BCUT2D eigenvalue weighted by atomic mass is 35.5. The van der Waals surface area contributed by atoms with E-state index in [9.17, 15) is 8.42 Å². The SMILES string of the molecule is CC1CC1c1ccc(CN(C2CC2)S(=O)(=O)c2ncn(C)c2Cl)o1. The van der Waals surface area contributed by atoms with Gasteiger partial charge >= 0.3 is 0 Å². The number of rotatable bonds is 6. The van der Waals surface area contributed by atoms with Gasteiger partial charge in [0.2, 0.25) is 5.03 Å². The van der Waals surface area contributed by atoms with Crippen LogP contribution in [0.2, 0.25) is 5.15 Å². The fourth-order valence-electron chi connectivity index (χ4n) is 3.00. The molecule has 2 heterocycles. The maximum atomic E-state index is 13.0. The molecular formula is C16H20ClN3O3S. The van der Waals surface area contributed by atoms with Crippen molar-refractivity contribution in [3.8, 4) is 0 Å². The molecule has 2 aliphatic rings. The molecule has 0 aliphatic heterocycles. The van der Waals surface area contributed by atoms with Crippen LogP contribution in [0.3, 0.4) is 0 Å². The Kier molecular flexibility index (Phi) is 3.78. The second-order valence-electron chi connectivity index (χ2n) is 6.86. The minimum Gasteiger partial charge on any atom is -0.464 e. The molecule has 0 bridgehead atoms. The van der Waals surface area contributed by atoms with E-state index in [1.807, 2.05) is 12.1 Å². The van der Waals surface area contributed by atoms with Crippen LogP contribution in [0.4, 0.5) is 0 Å². The van der Waals surface area contributed by atoms with Crippen molar-refractivity contribution in [3.05, 3.63) is 35.1 Å². The van der Waals surface area contributed by atoms with Gasteiger partial charge in [-0.15, -0.1) is 0 Å². The van der Waals surface area contributed by atoms with E-state index in [2.05, 4.69) is 11.9 Å². The van der Waals surface area contributed by atoms with E-state index in [-0.39, 0.29) is 22.8 Å². The quantitative estimate of drug-likeness (QED) is 0.784. The second kappa shape index (κ2) is 5.61. The van der Waals surface area contributed by atoms with E-state index in [4.69, 9.17) is 16.0 Å². The maximum absolute atomic E-state index is 13.0. The second-order valence-corrected chi connectivity index (χ2v) is 9.02. The third kappa shape index (κ3) is 2.78. The predicted octanol–water partition coefficient (Wildman–Crippen LogP) is 3.14. The van der Waals surface area contributed by atoms with Crippen LogP contribution < -0.4 is 0 Å². The molecule has 8 heteroatoms. The Hall–Kier alpha value is -1.31. The van der Waals surface area contributed by atoms with E-state index in [0.29, 0.717) is 17.6 Å². The molecule has 0 saturated heterocycles. The van der Waals surface area contributed by atoms with Crippen molar-refractivity contribution in [3.63, 3.8) is 0 Å². The summed E-state index contributed by atoms with van der Waals surface area (Å²) in [6, 6.07) is 3.85. The number of sulfonamides is 1. The van der Waals surface area contributed by atoms with Crippen molar-refractivity contribution in [2.24, 2.45) is 13.0 Å². The van der Waals surface area contributed by atoms with Crippen molar-refractivity contribution >= 4 is 21.6 Å². The van der Waals surface area contributed by atoms with Gasteiger partial charge in [-0.05, 0) is 37.3 Å². The Morgan fingerprint density at radius 2 is 2.12 bits per heavy atom. The summed E-state index contributed by atoms with van der Waals surface area (Å²) in [6.07, 6.45) is 4.27. The number of aryl methyl sites for hydroxylation is 1. The Morgan fingerprint density at radius 1 is 1.42 bits per heavy atom. The van der Waals surface area contributed by atoms with Gasteiger partial charge in [-0.1, -0.05) is 18.5 Å². The largest absolute Gasteiger partial charge is 0.464 e. The zero-order valence-corrected chi connectivity index (χ0v) is 15.2. The van der Waals surface area contributed by atoms with Crippen molar-refractivity contribution in [1.29, 1.82) is 0 Å². The smallest absolute Gasteiger partial charge is 0.264 e. The highest BCUT2D eigenvalue weighted by molar-refractivity contribution is 7.89. The average Bonchev–Trinajstić information content (AvgIpc) is 3.42. The normalized spacial score (nSPS) is 23.8. The van der Waals surface area contributed by atoms with Gasteiger partial charge in [-0.2, -0.15) is 4.31 Å². The molecule has 2 aromatic rings. The summed E-state index contributed by atoms with van der Waals surface area (Å²) >= 11 is 6.11. The van der Waals surface area contributed by atoms with Gasteiger partial charge in [0.15, 0.2) is 0 Å². The molecule has 2 aliphatic carbocycles. The first-order valence-electron chi connectivity index (χ1n) is 8.15. The molecule has 2 fully saturated rings. The molecule has 130 valence electrons. The molecule has 0 radical (unpaired) electrons. The van der Waals surface area contributed by atoms with Crippen molar-refractivity contribution in [1.82, 2.24) is 13.9 Å². The van der Waals surface area contributed by atoms with Crippen LogP contribution in [-0.2, 0) is 23.6 Å². The number of furan rings is 1. The van der Waals surface area contributed by atoms with E-state index < -0.39 is 10.0 Å². The average molecular weight is 370 g/mol. The Bertz CT molecular complexity index is 869. The van der Waals surface area contributed by atoms with Gasteiger partial charge in [0.1, 0.15) is 16.7 Å². The molecule has 2 aromatic heterocycles. The fraction of sp³-hybridized carbons (Fsp3) is 0.562. The first-order valence-corrected chi connectivity index (χ1v) is 9.97. The predicted molar refractivity (Wildman–Crippen MR) is 89.2 cm³/mol. The van der Waals surface area contributed by atoms with Gasteiger partial charge < -0.3 is 8.98 Å². The van der Waals surface area contributed by atoms with Crippen molar-refractivity contribution < 1.29 is 12.8 Å². The lowest BCUT2D eigenvalue weighted by Crippen LogP contribution is -2.33. The summed E-state index contributed by atoms with van der Waals surface area (Å²) in [5, 5.41) is 0.0498. The molecule has 0 N–H and O–H groups in total. The zero-order chi connectivity index (χ0) is 17.1. The number of aromatic nitrogens is 2. The minimum atomic E-state index is -3.74. The molecule has 24 heavy (non-hydrogen) atoms. The summed E-state index contributed by atoms with van der Waals surface area (Å²) in [7, 11) is -2.07. The van der Waals surface area contributed by atoms with E-state index >= 15 is 0 Å². The lowest BCUT2D eigenvalue weighted by atomic mass is 10.3. The summed E-state index contributed by atoms with van der Waals surface area (Å²) in [4.78, 5) is 3.98. The Balaban J connectivity index is 1.60. The fourth-order valence-corrected chi connectivity index (χ4v) is 5.05. The van der Waals surface area contributed by atoms with Crippen molar-refractivity contribution in [2.75, 3.05) is 0 Å². The van der Waals surface area contributed by atoms with Gasteiger partial charge in [-0.25, -0.2) is 13.4 Å². The molecule has 0 amide bonds. The molecule has 6 nitrogen and oxygen atoms in total. The van der Waals surface area contributed by atoms with Gasteiger partial charge in [0, 0.05) is 19.0 Å². The van der Waals surface area contributed by atoms with E-state index in [1.165, 1.54) is 15.2 Å². The summed E-state index contributed by atoms with van der Waals surface area (Å²) in [5.74, 6) is 2.77.